The Morgan fingerprint density at radius 2 is 1.94 bits per heavy atom. The summed E-state index contributed by atoms with van der Waals surface area (Å²) in [5.41, 5.74) is 5.41. The molecule has 1 rings (SSSR count). The second kappa shape index (κ2) is 7.11. The Balaban J connectivity index is 2.39. The molecule has 1 aromatic carbocycles. The van der Waals surface area contributed by atoms with E-state index in [0.29, 0.717) is 12.3 Å². The van der Waals surface area contributed by atoms with Crippen molar-refractivity contribution in [3.05, 3.63) is 28.7 Å². The van der Waals surface area contributed by atoms with Gasteiger partial charge in [-0.15, -0.1) is 0 Å². The van der Waals surface area contributed by atoms with Crippen LogP contribution < -0.4 is 10.5 Å². The molecule has 1 aromatic rings. The summed E-state index contributed by atoms with van der Waals surface area (Å²) in [6.45, 7) is 2.38. The van der Waals surface area contributed by atoms with Gasteiger partial charge in [0.25, 0.3) is 0 Å². The Hall–Kier alpha value is -0.590. The lowest BCUT2D eigenvalue weighted by molar-refractivity contribution is 0.340. The molecule has 2 N–H and O–H groups in total. The first-order valence-corrected chi connectivity index (χ1v) is 8.33. The molecule has 18 heavy (non-hydrogen) atoms. The molecule has 0 fully saturated rings. The molecule has 0 aliphatic heterocycles. The Labute approximate surface area is 117 Å². The van der Waals surface area contributed by atoms with Crippen LogP contribution in [0.2, 0.25) is 0 Å². The first-order valence-electron chi connectivity index (χ1n) is 5.72. The van der Waals surface area contributed by atoms with Crippen molar-refractivity contribution in [1.29, 1.82) is 0 Å². The monoisotopic (exact) mass is 335 g/mol. The minimum Gasteiger partial charge on any atom is -0.493 e. The number of sulfone groups is 1. The average Bonchev–Trinajstić information content (AvgIpc) is 2.31. The van der Waals surface area contributed by atoms with Crippen LogP contribution in [0.15, 0.2) is 28.7 Å². The summed E-state index contributed by atoms with van der Waals surface area (Å²) in [7, 11) is -3.09. The van der Waals surface area contributed by atoms with Crippen LogP contribution in [0.1, 0.15) is 6.92 Å². The number of ether oxygens (including phenoxy) is 1. The first-order chi connectivity index (χ1) is 8.43. The number of hydrogen-bond acceptors (Lipinski definition) is 4. The zero-order valence-electron chi connectivity index (χ0n) is 10.3. The number of rotatable bonds is 7. The van der Waals surface area contributed by atoms with E-state index in [2.05, 4.69) is 15.9 Å². The third kappa shape index (κ3) is 5.84. The molecule has 0 saturated carbocycles. The van der Waals surface area contributed by atoms with Crippen molar-refractivity contribution in [2.45, 2.75) is 6.92 Å². The van der Waals surface area contributed by atoms with E-state index in [4.69, 9.17) is 10.5 Å². The van der Waals surface area contributed by atoms with Gasteiger partial charge < -0.3 is 10.5 Å². The molecule has 0 heterocycles. The second-order valence-corrected chi connectivity index (χ2v) is 7.40. The molecule has 1 atom stereocenters. The average molecular weight is 336 g/mol. The van der Waals surface area contributed by atoms with Crippen LogP contribution in [0.4, 0.5) is 0 Å². The number of nitrogens with two attached hydrogens (primary N) is 1. The molecule has 0 aliphatic carbocycles. The van der Waals surface area contributed by atoms with Crippen molar-refractivity contribution in [2.24, 2.45) is 11.7 Å². The maximum atomic E-state index is 11.7. The van der Waals surface area contributed by atoms with Crippen LogP contribution in [0.25, 0.3) is 0 Å². The summed E-state index contributed by atoms with van der Waals surface area (Å²) in [6, 6.07) is 7.28. The zero-order valence-corrected chi connectivity index (χ0v) is 12.7. The smallest absolute Gasteiger partial charge is 0.153 e. The molecule has 6 heteroatoms. The van der Waals surface area contributed by atoms with Crippen molar-refractivity contribution in [2.75, 3.05) is 24.7 Å². The maximum Gasteiger partial charge on any atom is 0.153 e. The fraction of sp³-hybridized carbons (Fsp3) is 0.500. The minimum atomic E-state index is -3.09. The normalized spacial score (nSPS) is 13.3. The van der Waals surface area contributed by atoms with Gasteiger partial charge in [0.2, 0.25) is 0 Å². The summed E-state index contributed by atoms with van der Waals surface area (Å²) in [5, 5.41) is 0. The Kier molecular flexibility index (Phi) is 6.11. The summed E-state index contributed by atoms with van der Waals surface area (Å²) in [5.74, 6) is 0.795. The van der Waals surface area contributed by atoms with Gasteiger partial charge >= 0.3 is 0 Å². The van der Waals surface area contributed by atoms with Gasteiger partial charge in [0.1, 0.15) is 12.4 Å². The molecular weight excluding hydrogens is 318 g/mol. The van der Waals surface area contributed by atoms with E-state index in [1.807, 2.05) is 19.1 Å². The van der Waals surface area contributed by atoms with Crippen molar-refractivity contribution < 1.29 is 13.2 Å². The third-order valence-corrected chi connectivity index (χ3v) is 4.81. The predicted octanol–water partition coefficient (Wildman–Crippen LogP) is 1.84. The molecular formula is C12H18BrNO3S. The third-order valence-electron chi connectivity index (χ3n) is 2.42. The predicted molar refractivity (Wildman–Crippen MR) is 76.5 cm³/mol. The van der Waals surface area contributed by atoms with Crippen molar-refractivity contribution in [3.8, 4) is 5.75 Å². The van der Waals surface area contributed by atoms with Crippen molar-refractivity contribution in [3.63, 3.8) is 0 Å². The lowest BCUT2D eigenvalue weighted by atomic mass is 10.2. The fourth-order valence-corrected chi connectivity index (χ4v) is 3.17. The van der Waals surface area contributed by atoms with E-state index in [9.17, 15) is 8.42 Å². The number of halogens is 1. The van der Waals surface area contributed by atoms with Crippen LogP contribution in [0, 0.1) is 5.92 Å². The Morgan fingerprint density at radius 1 is 1.33 bits per heavy atom. The standard InChI is InChI=1S/C12H18BrNO3S/c1-10(8-14)9-18(15,16)7-6-17-12-4-2-11(13)3-5-12/h2-5,10H,6-9,14H2,1H3. The highest BCUT2D eigenvalue weighted by Gasteiger charge is 2.15. The largest absolute Gasteiger partial charge is 0.493 e. The minimum absolute atomic E-state index is 0.0114. The van der Waals surface area contributed by atoms with E-state index in [-0.39, 0.29) is 24.0 Å². The first kappa shape index (κ1) is 15.5. The van der Waals surface area contributed by atoms with E-state index < -0.39 is 9.84 Å². The van der Waals surface area contributed by atoms with Gasteiger partial charge in [-0.1, -0.05) is 22.9 Å². The molecule has 0 spiro atoms. The molecule has 4 nitrogen and oxygen atoms in total. The van der Waals surface area contributed by atoms with Crippen LogP contribution in [-0.4, -0.2) is 33.1 Å². The summed E-state index contributed by atoms with van der Waals surface area (Å²) >= 11 is 3.32. The van der Waals surface area contributed by atoms with Crippen molar-refractivity contribution >= 4 is 25.8 Å². The summed E-state index contributed by atoms with van der Waals surface area (Å²) in [4.78, 5) is 0. The van der Waals surface area contributed by atoms with E-state index in [1.54, 1.807) is 12.1 Å². The molecule has 0 radical (unpaired) electrons. The lowest BCUT2D eigenvalue weighted by Crippen LogP contribution is -2.25. The number of hydrogen-bond donors (Lipinski definition) is 1. The molecule has 0 amide bonds. The van der Waals surface area contributed by atoms with Crippen LogP contribution in [0.3, 0.4) is 0 Å². The fourth-order valence-electron chi connectivity index (χ4n) is 1.40. The van der Waals surface area contributed by atoms with Crippen LogP contribution in [-0.2, 0) is 9.84 Å². The highest BCUT2D eigenvalue weighted by Crippen LogP contribution is 2.16. The van der Waals surface area contributed by atoms with E-state index in [0.717, 1.165) is 4.47 Å². The summed E-state index contributed by atoms with van der Waals surface area (Å²) in [6.07, 6.45) is 0. The van der Waals surface area contributed by atoms with Crippen LogP contribution >= 0.6 is 15.9 Å². The second-order valence-electron chi connectivity index (χ2n) is 4.26. The molecule has 0 saturated heterocycles. The van der Waals surface area contributed by atoms with E-state index >= 15 is 0 Å². The Morgan fingerprint density at radius 3 is 2.50 bits per heavy atom. The van der Waals surface area contributed by atoms with E-state index in [1.165, 1.54) is 0 Å². The highest BCUT2D eigenvalue weighted by molar-refractivity contribution is 9.10. The van der Waals surface area contributed by atoms with Gasteiger partial charge in [0, 0.05) is 4.47 Å². The highest BCUT2D eigenvalue weighted by atomic mass is 79.9. The topological polar surface area (TPSA) is 69.4 Å². The summed E-state index contributed by atoms with van der Waals surface area (Å²) < 4.78 is 29.7. The van der Waals surface area contributed by atoms with Gasteiger partial charge in [0.05, 0.1) is 11.5 Å². The zero-order chi connectivity index (χ0) is 13.6. The number of benzene rings is 1. The molecule has 102 valence electrons. The molecule has 0 aliphatic rings. The molecule has 0 aromatic heterocycles. The van der Waals surface area contributed by atoms with Crippen LogP contribution in [0.5, 0.6) is 5.75 Å². The molecule has 0 bridgehead atoms. The van der Waals surface area contributed by atoms with Gasteiger partial charge in [0.15, 0.2) is 9.84 Å². The SMILES string of the molecule is CC(CN)CS(=O)(=O)CCOc1ccc(Br)cc1. The van der Waals surface area contributed by atoms with Gasteiger partial charge in [-0.2, -0.15) is 0 Å². The molecule has 1 unspecified atom stereocenters. The maximum absolute atomic E-state index is 11.7. The van der Waals surface area contributed by atoms with Gasteiger partial charge in [-0.25, -0.2) is 8.42 Å². The Bertz CT molecular complexity index is 459. The van der Waals surface area contributed by atoms with Crippen molar-refractivity contribution in [1.82, 2.24) is 0 Å². The quantitative estimate of drug-likeness (QED) is 0.825. The lowest BCUT2D eigenvalue weighted by Gasteiger charge is -2.10. The van der Waals surface area contributed by atoms with Gasteiger partial charge in [-0.05, 0) is 36.7 Å². The van der Waals surface area contributed by atoms with Gasteiger partial charge in [-0.3, -0.25) is 0 Å².